The molecule has 11 nitrogen and oxygen atoms in total. The van der Waals surface area contributed by atoms with Gasteiger partial charge in [-0.3, -0.25) is 14.9 Å². The molecule has 1 aliphatic heterocycles. The molecular formula is C25H30N4O7. The van der Waals surface area contributed by atoms with E-state index >= 15 is 0 Å². The van der Waals surface area contributed by atoms with Crippen molar-refractivity contribution in [2.45, 2.75) is 25.5 Å². The molecule has 0 saturated carbocycles. The second-order valence-corrected chi connectivity index (χ2v) is 8.54. The molecule has 11 heteroatoms. The predicted molar refractivity (Wildman–Crippen MR) is 131 cm³/mol. The van der Waals surface area contributed by atoms with Crippen LogP contribution in [0.4, 0.5) is 16.2 Å². The van der Waals surface area contributed by atoms with Crippen LogP contribution in [0.2, 0.25) is 0 Å². The van der Waals surface area contributed by atoms with Crippen LogP contribution in [0.25, 0.3) is 0 Å². The average Bonchev–Trinajstić information content (AvgIpc) is 2.91. The summed E-state index contributed by atoms with van der Waals surface area (Å²) in [5.74, 6) is -1.11. The normalized spacial score (nSPS) is 14.4. The van der Waals surface area contributed by atoms with Crippen molar-refractivity contribution < 1.29 is 28.8 Å². The molecule has 0 aromatic heterocycles. The maximum atomic E-state index is 13.0. The Balaban J connectivity index is 1.52. The monoisotopic (exact) mass is 498 g/mol. The van der Waals surface area contributed by atoms with Crippen molar-refractivity contribution in [2.75, 3.05) is 38.7 Å². The maximum Gasteiger partial charge on any atom is 0.408 e. The van der Waals surface area contributed by atoms with E-state index in [2.05, 4.69) is 5.32 Å². The molecule has 36 heavy (non-hydrogen) atoms. The molecule has 1 atom stereocenters. The summed E-state index contributed by atoms with van der Waals surface area (Å²) in [6, 6.07) is 14.4. The average molecular weight is 499 g/mol. The van der Waals surface area contributed by atoms with Gasteiger partial charge in [-0.15, -0.1) is 0 Å². The summed E-state index contributed by atoms with van der Waals surface area (Å²) in [6.45, 7) is 1.10. The fourth-order valence-corrected chi connectivity index (χ4v) is 4.09. The van der Waals surface area contributed by atoms with Crippen molar-refractivity contribution in [1.82, 2.24) is 10.2 Å². The Labute approximate surface area is 209 Å². The van der Waals surface area contributed by atoms with Crippen LogP contribution in [-0.4, -0.2) is 67.6 Å². The van der Waals surface area contributed by atoms with Crippen LogP contribution in [0.15, 0.2) is 54.6 Å². The number of amides is 2. The summed E-state index contributed by atoms with van der Waals surface area (Å²) in [6.07, 6.45) is 0.322. The second kappa shape index (κ2) is 12.5. The highest BCUT2D eigenvalue weighted by atomic mass is 16.6. The van der Waals surface area contributed by atoms with Crippen molar-refractivity contribution in [3.63, 3.8) is 0 Å². The molecule has 2 aromatic carbocycles. The number of non-ortho nitro benzene ring substituents is 1. The number of hydrogen-bond acceptors (Lipinski definition) is 8. The van der Waals surface area contributed by atoms with E-state index in [1.54, 1.807) is 13.1 Å². The highest BCUT2D eigenvalue weighted by molar-refractivity contribution is 5.83. The molecule has 1 N–H and O–H groups in total. The lowest BCUT2D eigenvalue weighted by molar-refractivity contribution is -0.384. The fraction of sp³-hybridized carbons (Fsp3) is 0.400. The molecule has 1 fully saturated rings. The molecule has 192 valence electrons. The van der Waals surface area contributed by atoms with Crippen LogP contribution >= 0.6 is 0 Å². The number of carbonyl (C=O) groups is 3. The highest BCUT2D eigenvalue weighted by Crippen LogP contribution is 2.27. The standard InChI is InChI=1S/C25H30N4O7/c1-27(16-22(24(31)35-2)26-25(32)36-17-18-7-4-3-5-8-18)23(30)19-11-13-28(14-12-19)20-9-6-10-21(15-20)29(33)34/h3-10,15,19,22H,11-14,16-17H2,1-2H3,(H,26,32)/t22-/m0/s1. The number of anilines is 1. The fourth-order valence-electron chi connectivity index (χ4n) is 4.09. The second-order valence-electron chi connectivity index (χ2n) is 8.54. The quantitative estimate of drug-likeness (QED) is 0.317. The zero-order chi connectivity index (χ0) is 26.1. The minimum atomic E-state index is -1.09. The largest absolute Gasteiger partial charge is 0.467 e. The van der Waals surface area contributed by atoms with E-state index in [4.69, 9.17) is 9.47 Å². The molecule has 1 aliphatic rings. The first-order chi connectivity index (χ1) is 17.3. The van der Waals surface area contributed by atoms with Crippen LogP contribution in [-0.2, 0) is 25.7 Å². The number of hydrogen-bond donors (Lipinski definition) is 1. The lowest BCUT2D eigenvalue weighted by Crippen LogP contribution is -2.51. The molecule has 0 aliphatic carbocycles. The van der Waals surface area contributed by atoms with Gasteiger partial charge in [0.1, 0.15) is 12.6 Å². The summed E-state index contributed by atoms with van der Waals surface area (Å²) >= 11 is 0. The first-order valence-corrected chi connectivity index (χ1v) is 11.6. The zero-order valence-corrected chi connectivity index (χ0v) is 20.3. The summed E-state index contributed by atoms with van der Waals surface area (Å²) in [7, 11) is 2.78. The number of likely N-dealkylation sites (N-methyl/N-ethyl adjacent to an activating group) is 1. The third-order valence-corrected chi connectivity index (χ3v) is 6.07. The number of esters is 1. The van der Waals surface area contributed by atoms with E-state index in [0.29, 0.717) is 25.9 Å². The topological polar surface area (TPSA) is 131 Å². The van der Waals surface area contributed by atoms with Gasteiger partial charge in [0.05, 0.1) is 18.6 Å². The van der Waals surface area contributed by atoms with E-state index in [1.807, 2.05) is 41.3 Å². The van der Waals surface area contributed by atoms with Gasteiger partial charge < -0.3 is 24.6 Å². The molecule has 0 radical (unpaired) electrons. The molecule has 3 rings (SSSR count). The molecule has 0 spiro atoms. The van der Waals surface area contributed by atoms with Gasteiger partial charge in [-0.05, 0) is 24.5 Å². The lowest BCUT2D eigenvalue weighted by Gasteiger charge is -2.35. The Morgan fingerprint density at radius 1 is 1.14 bits per heavy atom. The van der Waals surface area contributed by atoms with Crippen molar-refractivity contribution in [3.05, 3.63) is 70.3 Å². The van der Waals surface area contributed by atoms with Gasteiger partial charge in [-0.2, -0.15) is 0 Å². The number of ether oxygens (including phenoxy) is 2. The number of carbonyl (C=O) groups excluding carboxylic acids is 3. The van der Waals surface area contributed by atoms with E-state index in [0.717, 1.165) is 11.3 Å². The van der Waals surface area contributed by atoms with Crippen LogP contribution in [0.1, 0.15) is 18.4 Å². The lowest BCUT2D eigenvalue weighted by atomic mass is 9.94. The molecule has 0 bridgehead atoms. The third-order valence-electron chi connectivity index (χ3n) is 6.07. The van der Waals surface area contributed by atoms with Crippen LogP contribution in [0, 0.1) is 16.0 Å². The SMILES string of the molecule is COC(=O)[C@H](CN(C)C(=O)C1CCN(c2cccc([N+](=O)[O-])c2)CC1)NC(=O)OCc1ccccc1. The summed E-state index contributed by atoms with van der Waals surface area (Å²) in [4.78, 5) is 51.6. The summed E-state index contributed by atoms with van der Waals surface area (Å²) in [5.41, 5.74) is 1.56. The van der Waals surface area contributed by atoms with E-state index in [9.17, 15) is 24.5 Å². The van der Waals surface area contributed by atoms with Gasteiger partial charge in [0.25, 0.3) is 5.69 Å². The predicted octanol–water partition coefficient (Wildman–Crippen LogP) is 2.74. The number of piperidine rings is 1. The number of nitro groups is 1. The van der Waals surface area contributed by atoms with Gasteiger partial charge in [0.2, 0.25) is 5.91 Å². The Hall–Kier alpha value is -4.15. The molecule has 0 unspecified atom stereocenters. The van der Waals surface area contributed by atoms with Crippen LogP contribution in [0.3, 0.4) is 0 Å². The van der Waals surface area contributed by atoms with Gasteiger partial charge >= 0.3 is 12.1 Å². The van der Waals surface area contributed by atoms with Crippen LogP contribution < -0.4 is 10.2 Å². The number of nitrogens with zero attached hydrogens (tertiary/aromatic N) is 3. The van der Waals surface area contributed by atoms with Gasteiger partial charge in [0, 0.05) is 43.9 Å². The molecule has 1 heterocycles. The number of methoxy groups -OCH3 is 1. The molecule has 1 saturated heterocycles. The Bertz CT molecular complexity index is 1070. The molecular weight excluding hydrogens is 468 g/mol. The Morgan fingerprint density at radius 2 is 1.83 bits per heavy atom. The van der Waals surface area contributed by atoms with Crippen LogP contribution in [0.5, 0.6) is 0 Å². The number of rotatable bonds is 9. The third kappa shape index (κ3) is 7.17. The van der Waals surface area contributed by atoms with E-state index in [1.165, 1.54) is 24.1 Å². The van der Waals surface area contributed by atoms with Gasteiger partial charge in [-0.25, -0.2) is 9.59 Å². The Kier molecular flexibility index (Phi) is 9.20. The zero-order valence-electron chi connectivity index (χ0n) is 20.3. The number of nitrogens with one attached hydrogen (secondary N) is 1. The number of alkyl carbamates (subject to hydrolysis) is 1. The highest BCUT2D eigenvalue weighted by Gasteiger charge is 2.31. The summed E-state index contributed by atoms with van der Waals surface area (Å²) in [5, 5.41) is 13.5. The first kappa shape index (κ1) is 26.5. The molecule has 2 aromatic rings. The molecule has 2 amide bonds. The van der Waals surface area contributed by atoms with Crippen molar-refractivity contribution in [3.8, 4) is 0 Å². The minimum Gasteiger partial charge on any atom is -0.467 e. The first-order valence-electron chi connectivity index (χ1n) is 11.6. The van der Waals surface area contributed by atoms with Crippen molar-refractivity contribution in [2.24, 2.45) is 5.92 Å². The van der Waals surface area contributed by atoms with Crippen molar-refractivity contribution in [1.29, 1.82) is 0 Å². The Morgan fingerprint density at radius 3 is 2.47 bits per heavy atom. The van der Waals surface area contributed by atoms with E-state index < -0.39 is 23.0 Å². The smallest absolute Gasteiger partial charge is 0.408 e. The number of benzene rings is 2. The van der Waals surface area contributed by atoms with E-state index in [-0.39, 0.29) is 30.7 Å². The van der Waals surface area contributed by atoms with Gasteiger partial charge in [-0.1, -0.05) is 36.4 Å². The maximum absolute atomic E-state index is 13.0. The summed E-state index contributed by atoms with van der Waals surface area (Å²) < 4.78 is 9.97. The van der Waals surface area contributed by atoms with Gasteiger partial charge in [0.15, 0.2) is 0 Å². The minimum absolute atomic E-state index is 0.0223. The van der Waals surface area contributed by atoms with Crippen molar-refractivity contribution >= 4 is 29.3 Å². The number of nitro benzene ring substituents is 1.